The highest BCUT2D eigenvalue weighted by molar-refractivity contribution is 5.29. The van der Waals surface area contributed by atoms with E-state index in [2.05, 4.69) is 37.3 Å². The Morgan fingerprint density at radius 3 is 2.76 bits per heavy atom. The lowest BCUT2D eigenvalue weighted by atomic mass is 10.3. The molecule has 7 heteroatoms. The number of hydrogen-bond donors (Lipinski definition) is 3. The number of nitrogens with two attached hydrogens (primary N) is 1. The molecule has 0 spiro atoms. The quantitative estimate of drug-likeness (QED) is 0.597. The van der Waals surface area contributed by atoms with Crippen LogP contribution in [0.5, 0.6) is 0 Å². The molecule has 96 valence electrons. The predicted octanol–water partition coefficient (Wildman–Crippen LogP) is -0.564. The average Bonchev–Trinajstić information content (AvgIpc) is 2.73. The summed E-state index contributed by atoms with van der Waals surface area (Å²) in [7, 11) is 2.17. The molecule has 7 nitrogen and oxygen atoms in total. The van der Waals surface area contributed by atoms with Crippen LogP contribution in [0.15, 0.2) is 0 Å². The number of rotatable bonds is 5. The van der Waals surface area contributed by atoms with Crippen LogP contribution in [0.4, 0.5) is 11.9 Å². The molecule has 1 fully saturated rings. The average molecular weight is 239 g/mol. The second-order valence-electron chi connectivity index (χ2n) is 4.47. The van der Waals surface area contributed by atoms with Gasteiger partial charge in [-0.3, -0.25) is 0 Å². The first-order valence-electron chi connectivity index (χ1n) is 6.07. The van der Waals surface area contributed by atoms with Gasteiger partial charge in [-0.2, -0.15) is 4.98 Å². The molecule has 0 unspecified atom stereocenters. The lowest BCUT2D eigenvalue weighted by molar-refractivity contribution is 0.154. The molecule has 0 aromatic carbocycles. The SMILES string of the molecule is CN1CCN(CCCNc2n[nH]c(N)n2)CC1. The molecule has 0 radical (unpaired) electrons. The van der Waals surface area contributed by atoms with Crippen molar-refractivity contribution < 1.29 is 0 Å². The van der Waals surface area contributed by atoms with E-state index in [9.17, 15) is 0 Å². The standard InChI is InChI=1S/C10H21N7/c1-16-5-7-17(8-6-16)4-2-3-12-10-13-9(11)14-15-10/h2-8H2,1H3,(H4,11,12,13,14,15). The molecule has 0 amide bonds. The molecule has 0 aliphatic carbocycles. The van der Waals surface area contributed by atoms with Crippen LogP contribution in [-0.4, -0.2) is 71.3 Å². The van der Waals surface area contributed by atoms with Crippen LogP contribution < -0.4 is 11.1 Å². The number of nitrogens with one attached hydrogen (secondary N) is 2. The fourth-order valence-electron chi connectivity index (χ4n) is 1.93. The van der Waals surface area contributed by atoms with Crippen molar-refractivity contribution in [1.82, 2.24) is 25.0 Å². The van der Waals surface area contributed by atoms with Crippen molar-refractivity contribution in [3.63, 3.8) is 0 Å². The van der Waals surface area contributed by atoms with Gasteiger partial charge in [0.25, 0.3) is 0 Å². The van der Waals surface area contributed by atoms with Gasteiger partial charge in [0.1, 0.15) is 0 Å². The number of H-pyrrole nitrogens is 1. The van der Waals surface area contributed by atoms with Crippen LogP contribution >= 0.6 is 0 Å². The molecule has 2 heterocycles. The molecule has 0 saturated carbocycles. The molecule has 4 N–H and O–H groups in total. The van der Waals surface area contributed by atoms with Gasteiger partial charge >= 0.3 is 0 Å². The van der Waals surface area contributed by atoms with E-state index in [4.69, 9.17) is 5.73 Å². The van der Waals surface area contributed by atoms with Crippen molar-refractivity contribution >= 4 is 11.9 Å². The highest BCUT2D eigenvalue weighted by Gasteiger charge is 2.12. The summed E-state index contributed by atoms with van der Waals surface area (Å²) in [5, 5.41) is 9.66. The molecule has 1 aliphatic heterocycles. The first-order valence-corrected chi connectivity index (χ1v) is 6.07. The van der Waals surface area contributed by atoms with E-state index in [-0.39, 0.29) is 0 Å². The minimum absolute atomic E-state index is 0.353. The van der Waals surface area contributed by atoms with Gasteiger partial charge in [0.2, 0.25) is 11.9 Å². The highest BCUT2D eigenvalue weighted by Crippen LogP contribution is 2.01. The van der Waals surface area contributed by atoms with Crippen LogP contribution in [0.25, 0.3) is 0 Å². The molecule has 2 rings (SSSR count). The maximum absolute atomic E-state index is 5.43. The van der Waals surface area contributed by atoms with E-state index >= 15 is 0 Å². The number of nitrogen functional groups attached to an aromatic ring is 1. The van der Waals surface area contributed by atoms with Crippen molar-refractivity contribution in [2.75, 3.05) is 57.4 Å². The van der Waals surface area contributed by atoms with Crippen LogP contribution in [-0.2, 0) is 0 Å². The Morgan fingerprint density at radius 1 is 1.35 bits per heavy atom. The molecule has 0 bridgehead atoms. The second-order valence-corrected chi connectivity index (χ2v) is 4.47. The van der Waals surface area contributed by atoms with Crippen LogP contribution in [0.2, 0.25) is 0 Å². The lowest BCUT2D eigenvalue weighted by Gasteiger charge is -2.32. The fourth-order valence-corrected chi connectivity index (χ4v) is 1.93. The zero-order valence-corrected chi connectivity index (χ0v) is 10.3. The summed E-state index contributed by atoms with van der Waals surface area (Å²) < 4.78 is 0. The summed E-state index contributed by atoms with van der Waals surface area (Å²) in [6.07, 6.45) is 1.10. The van der Waals surface area contributed by atoms with Crippen molar-refractivity contribution in [3.05, 3.63) is 0 Å². The van der Waals surface area contributed by atoms with E-state index in [0.717, 1.165) is 19.5 Å². The van der Waals surface area contributed by atoms with Gasteiger partial charge in [-0.1, -0.05) is 0 Å². The first-order chi connectivity index (χ1) is 8.24. The number of hydrogen-bond acceptors (Lipinski definition) is 6. The molecular weight excluding hydrogens is 218 g/mol. The second kappa shape index (κ2) is 5.83. The maximum Gasteiger partial charge on any atom is 0.243 e. The summed E-state index contributed by atoms with van der Waals surface area (Å²) in [6.45, 7) is 6.69. The topological polar surface area (TPSA) is 86.1 Å². The normalized spacial score (nSPS) is 18.4. The lowest BCUT2D eigenvalue weighted by Crippen LogP contribution is -2.44. The van der Waals surface area contributed by atoms with Gasteiger partial charge in [-0.25, -0.2) is 5.10 Å². The highest BCUT2D eigenvalue weighted by atomic mass is 15.3. The third-order valence-corrected chi connectivity index (χ3v) is 3.03. The molecule has 17 heavy (non-hydrogen) atoms. The number of nitrogens with zero attached hydrogens (tertiary/aromatic N) is 4. The van der Waals surface area contributed by atoms with Gasteiger partial charge in [0, 0.05) is 32.7 Å². The van der Waals surface area contributed by atoms with E-state index in [0.29, 0.717) is 11.9 Å². The molecule has 0 atom stereocenters. The van der Waals surface area contributed by atoms with Gasteiger partial charge in [0.05, 0.1) is 0 Å². The van der Waals surface area contributed by atoms with Crippen LogP contribution in [0.1, 0.15) is 6.42 Å². The Hall–Kier alpha value is -1.34. The van der Waals surface area contributed by atoms with Crippen molar-refractivity contribution in [2.24, 2.45) is 0 Å². The van der Waals surface area contributed by atoms with Crippen LogP contribution in [0, 0.1) is 0 Å². The third-order valence-electron chi connectivity index (χ3n) is 3.03. The number of aromatic amines is 1. The summed E-state index contributed by atoms with van der Waals surface area (Å²) in [5.41, 5.74) is 5.43. The smallest absolute Gasteiger partial charge is 0.243 e. The van der Waals surface area contributed by atoms with Crippen molar-refractivity contribution in [2.45, 2.75) is 6.42 Å². The molecular formula is C10H21N7. The Labute approximate surface area is 101 Å². The van der Waals surface area contributed by atoms with E-state index in [1.165, 1.54) is 26.2 Å². The summed E-state index contributed by atoms with van der Waals surface area (Å²) in [6, 6.07) is 0. The summed E-state index contributed by atoms with van der Waals surface area (Å²) in [5.74, 6) is 0.937. The predicted molar refractivity (Wildman–Crippen MR) is 67.8 cm³/mol. The zero-order valence-electron chi connectivity index (χ0n) is 10.3. The number of piperazine rings is 1. The van der Waals surface area contributed by atoms with Crippen molar-refractivity contribution in [3.8, 4) is 0 Å². The molecule has 1 saturated heterocycles. The monoisotopic (exact) mass is 239 g/mol. The van der Waals surface area contributed by atoms with Gasteiger partial charge in [0.15, 0.2) is 0 Å². The van der Waals surface area contributed by atoms with Gasteiger partial charge in [-0.15, -0.1) is 5.10 Å². The fraction of sp³-hybridized carbons (Fsp3) is 0.800. The summed E-state index contributed by atoms with van der Waals surface area (Å²) in [4.78, 5) is 8.84. The van der Waals surface area contributed by atoms with Gasteiger partial charge < -0.3 is 20.9 Å². The Kier molecular flexibility index (Phi) is 4.16. The molecule has 1 aromatic rings. The number of likely N-dealkylation sites (N-methyl/N-ethyl adjacent to an activating group) is 1. The number of aromatic nitrogens is 3. The Morgan fingerprint density at radius 2 is 2.12 bits per heavy atom. The minimum atomic E-state index is 0.353. The minimum Gasteiger partial charge on any atom is -0.368 e. The Balaban J connectivity index is 1.57. The number of anilines is 2. The summed E-state index contributed by atoms with van der Waals surface area (Å²) >= 11 is 0. The van der Waals surface area contributed by atoms with E-state index in [1.54, 1.807) is 0 Å². The Bertz CT molecular complexity index is 329. The van der Waals surface area contributed by atoms with Crippen LogP contribution in [0.3, 0.4) is 0 Å². The van der Waals surface area contributed by atoms with Crippen molar-refractivity contribution in [1.29, 1.82) is 0 Å². The van der Waals surface area contributed by atoms with E-state index in [1.807, 2.05) is 0 Å². The zero-order chi connectivity index (χ0) is 12.1. The first kappa shape index (κ1) is 12.1. The van der Waals surface area contributed by atoms with E-state index < -0.39 is 0 Å². The largest absolute Gasteiger partial charge is 0.368 e. The maximum atomic E-state index is 5.43. The molecule has 1 aliphatic rings. The molecule has 1 aromatic heterocycles. The third kappa shape index (κ3) is 3.86. The van der Waals surface area contributed by atoms with Gasteiger partial charge in [-0.05, 0) is 20.0 Å².